The molecule has 1 fully saturated rings. The minimum absolute atomic E-state index is 0.217. The molecular weight excluding hydrogens is 495 g/mol. The average molecular weight is 527 g/mol. The Morgan fingerprint density at radius 2 is 1.97 bits per heavy atom. The van der Waals surface area contributed by atoms with Crippen molar-refractivity contribution in [2.24, 2.45) is 0 Å². The summed E-state index contributed by atoms with van der Waals surface area (Å²) in [4.78, 5) is 28.9. The predicted octanol–water partition coefficient (Wildman–Crippen LogP) is 4.62. The molecule has 3 heterocycles. The second-order valence-corrected chi connectivity index (χ2v) is 9.24. The van der Waals surface area contributed by atoms with Gasteiger partial charge in [-0.05, 0) is 57.6 Å². The number of aldehydes is 2. The van der Waals surface area contributed by atoms with Gasteiger partial charge in [0.2, 0.25) is 0 Å². The average Bonchev–Trinajstić information content (AvgIpc) is 3.57. The standard InChI is InChI=1S/C15H18N4O.C10H10ClFN2.C2H4O/c1-18(15-2-3-15)8-14-7-17-19(10-14)9-12-4-13(11-20)6-16-5-12;1-13-4-6-2-7-8(11)5-14-10(7)3-9(6)12;1-2-3/h4-7,10-11,15H,2-3,8-9H2,1H3;2-3,5,13-14H,4H2,1H3;2H,1H3. The van der Waals surface area contributed by atoms with E-state index in [9.17, 15) is 9.18 Å². The third-order valence-electron chi connectivity index (χ3n) is 5.75. The van der Waals surface area contributed by atoms with E-state index in [1.807, 2.05) is 16.9 Å². The van der Waals surface area contributed by atoms with Crippen molar-refractivity contribution in [1.29, 1.82) is 0 Å². The maximum absolute atomic E-state index is 13.4. The first-order valence-corrected chi connectivity index (χ1v) is 12.4. The summed E-state index contributed by atoms with van der Waals surface area (Å²) in [6, 6.07) is 5.83. The van der Waals surface area contributed by atoms with Gasteiger partial charge in [0.25, 0.3) is 0 Å². The molecule has 1 aromatic carbocycles. The number of benzene rings is 1. The number of rotatable bonds is 8. The van der Waals surface area contributed by atoms with E-state index in [1.54, 1.807) is 31.7 Å². The molecule has 1 aliphatic rings. The molecule has 196 valence electrons. The normalized spacial score (nSPS) is 12.5. The number of aromatic amines is 1. The maximum Gasteiger partial charge on any atom is 0.151 e. The number of aromatic nitrogens is 4. The second-order valence-electron chi connectivity index (χ2n) is 8.83. The number of carbonyl (C=O) groups excluding carboxylic acids is 2. The fourth-order valence-electron chi connectivity index (χ4n) is 3.83. The van der Waals surface area contributed by atoms with E-state index in [0.717, 1.165) is 41.6 Å². The van der Waals surface area contributed by atoms with Crippen LogP contribution < -0.4 is 5.32 Å². The van der Waals surface area contributed by atoms with Crippen molar-refractivity contribution >= 4 is 35.1 Å². The van der Waals surface area contributed by atoms with Gasteiger partial charge in [-0.1, -0.05) is 11.6 Å². The first-order valence-electron chi connectivity index (χ1n) is 12.0. The van der Waals surface area contributed by atoms with Gasteiger partial charge in [-0.15, -0.1) is 0 Å². The van der Waals surface area contributed by atoms with Gasteiger partial charge < -0.3 is 15.1 Å². The van der Waals surface area contributed by atoms with Crippen molar-refractivity contribution in [3.05, 3.63) is 82.3 Å². The lowest BCUT2D eigenvalue weighted by atomic mass is 10.1. The van der Waals surface area contributed by atoms with E-state index in [0.29, 0.717) is 29.2 Å². The monoisotopic (exact) mass is 526 g/mol. The van der Waals surface area contributed by atoms with E-state index < -0.39 is 0 Å². The predicted molar refractivity (Wildman–Crippen MR) is 143 cm³/mol. The Labute approximate surface area is 220 Å². The van der Waals surface area contributed by atoms with Gasteiger partial charge in [-0.3, -0.25) is 19.4 Å². The first-order chi connectivity index (χ1) is 17.9. The smallest absolute Gasteiger partial charge is 0.151 e. The lowest BCUT2D eigenvalue weighted by Gasteiger charge is -2.13. The molecule has 0 unspecified atom stereocenters. The van der Waals surface area contributed by atoms with Crippen molar-refractivity contribution in [1.82, 2.24) is 30.0 Å². The van der Waals surface area contributed by atoms with Crippen LogP contribution in [-0.2, 0) is 24.4 Å². The first kappa shape index (κ1) is 28.2. The molecule has 0 bridgehead atoms. The molecule has 0 atom stereocenters. The van der Waals surface area contributed by atoms with Gasteiger partial charge in [0.05, 0.1) is 17.8 Å². The van der Waals surface area contributed by atoms with E-state index in [1.165, 1.54) is 31.4 Å². The van der Waals surface area contributed by atoms with Crippen LogP contribution in [0.5, 0.6) is 0 Å². The molecule has 0 spiro atoms. The molecule has 2 N–H and O–H groups in total. The van der Waals surface area contributed by atoms with Crippen LogP contribution >= 0.6 is 11.6 Å². The Bertz CT molecular complexity index is 1320. The molecule has 1 aliphatic carbocycles. The maximum atomic E-state index is 13.4. The van der Waals surface area contributed by atoms with Crippen LogP contribution in [0.15, 0.2) is 49.2 Å². The molecule has 37 heavy (non-hydrogen) atoms. The quantitative estimate of drug-likeness (QED) is 0.325. The third kappa shape index (κ3) is 8.31. The van der Waals surface area contributed by atoms with Crippen LogP contribution in [0.25, 0.3) is 10.9 Å². The van der Waals surface area contributed by atoms with Gasteiger partial charge in [-0.2, -0.15) is 5.10 Å². The number of hydrogen-bond donors (Lipinski definition) is 2. The Hall–Kier alpha value is -3.40. The Morgan fingerprint density at radius 1 is 1.22 bits per heavy atom. The number of nitrogens with zero attached hydrogens (tertiary/aromatic N) is 4. The molecule has 4 aromatic rings. The molecule has 0 radical (unpaired) electrons. The zero-order chi connectivity index (χ0) is 26.8. The van der Waals surface area contributed by atoms with Gasteiger partial charge in [0, 0.05) is 71.5 Å². The van der Waals surface area contributed by atoms with E-state index >= 15 is 0 Å². The van der Waals surface area contributed by atoms with Crippen molar-refractivity contribution in [2.45, 2.75) is 45.4 Å². The summed E-state index contributed by atoms with van der Waals surface area (Å²) >= 11 is 5.92. The number of hydrogen-bond acceptors (Lipinski definition) is 6. The molecule has 0 saturated heterocycles. The molecule has 1 saturated carbocycles. The summed E-state index contributed by atoms with van der Waals surface area (Å²) in [5.74, 6) is -0.217. The zero-order valence-electron chi connectivity index (χ0n) is 21.2. The van der Waals surface area contributed by atoms with Crippen LogP contribution in [0.3, 0.4) is 0 Å². The van der Waals surface area contributed by atoms with E-state index in [-0.39, 0.29) is 5.82 Å². The van der Waals surface area contributed by atoms with Crippen LogP contribution in [0.4, 0.5) is 4.39 Å². The van der Waals surface area contributed by atoms with Gasteiger partial charge in [0.15, 0.2) is 6.29 Å². The summed E-state index contributed by atoms with van der Waals surface area (Å²) in [7, 11) is 3.94. The highest BCUT2D eigenvalue weighted by atomic mass is 35.5. The molecular formula is C27H32ClFN6O2. The fraction of sp³-hybridized carbons (Fsp3) is 0.333. The fourth-order valence-corrected chi connectivity index (χ4v) is 4.04. The minimum atomic E-state index is -0.217. The van der Waals surface area contributed by atoms with Crippen LogP contribution in [0.2, 0.25) is 5.02 Å². The lowest BCUT2D eigenvalue weighted by Crippen LogP contribution is -2.19. The van der Waals surface area contributed by atoms with Gasteiger partial charge in [-0.25, -0.2) is 4.39 Å². The Balaban J connectivity index is 0.000000195. The number of pyridine rings is 1. The van der Waals surface area contributed by atoms with Crippen LogP contribution in [0, 0.1) is 5.82 Å². The summed E-state index contributed by atoms with van der Waals surface area (Å²) in [6.45, 7) is 3.53. The molecule has 0 aliphatic heterocycles. The topological polar surface area (TPSA) is 95.9 Å². The highest BCUT2D eigenvalue weighted by Gasteiger charge is 2.26. The largest absolute Gasteiger partial charge is 0.360 e. The molecule has 3 aromatic heterocycles. The number of fused-ring (bicyclic) bond motifs is 1. The summed E-state index contributed by atoms with van der Waals surface area (Å²) in [5.41, 5.74) is 4.16. The second kappa shape index (κ2) is 13.8. The Kier molecular flexibility index (Phi) is 10.5. The van der Waals surface area contributed by atoms with E-state index in [4.69, 9.17) is 16.4 Å². The van der Waals surface area contributed by atoms with E-state index in [2.05, 4.69) is 38.5 Å². The van der Waals surface area contributed by atoms with Crippen molar-refractivity contribution < 1.29 is 14.0 Å². The van der Waals surface area contributed by atoms with Crippen LogP contribution in [0.1, 0.15) is 46.8 Å². The number of halogens is 2. The highest BCUT2D eigenvalue weighted by molar-refractivity contribution is 6.35. The Morgan fingerprint density at radius 3 is 2.65 bits per heavy atom. The molecule has 8 nitrogen and oxygen atoms in total. The molecule has 0 amide bonds. The number of H-pyrrole nitrogens is 1. The van der Waals surface area contributed by atoms with Gasteiger partial charge in [0.1, 0.15) is 12.1 Å². The summed E-state index contributed by atoms with van der Waals surface area (Å²) in [6.07, 6.45) is 13.2. The van der Waals surface area contributed by atoms with Crippen molar-refractivity contribution in [3.8, 4) is 0 Å². The van der Waals surface area contributed by atoms with Crippen LogP contribution in [-0.4, -0.2) is 57.4 Å². The zero-order valence-corrected chi connectivity index (χ0v) is 22.0. The molecule has 10 heteroatoms. The number of nitrogens with one attached hydrogen (secondary N) is 2. The number of carbonyl (C=O) groups is 2. The van der Waals surface area contributed by atoms with Gasteiger partial charge >= 0.3 is 0 Å². The third-order valence-corrected chi connectivity index (χ3v) is 6.06. The molecule has 5 rings (SSSR count). The summed E-state index contributed by atoms with van der Waals surface area (Å²) < 4.78 is 15.3. The van der Waals surface area contributed by atoms with Crippen molar-refractivity contribution in [3.63, 3.8) is 0 Å². The SMILES string of the molecule is CC=O.CN(Cc1cnn(Cc2cncc(C=O)c2)c1)C1CC1.CNCc1cc2c(Cl)c[nH]c2cc1F. The summed E-state index contributed by atoms with van der Waals surface area (Å²) in [5, 5.41) is 8.76. The minimum Gasteiger partial charge on any atom is -0.360 e. The highest BCUT2D eigenvalue weighted by Crippen LogP contribution is 2.27. The lowest BCUT2D eigenvalue weighted by molar-refractivity contribution is -0.106. The van der Waals surface area contributed by atoms with Crippen molar-refractivity contribution in [2.75, 3.05) is 14.1 Å².